The summed E-state index contributed by atoms with van der Waals surface area (Å²) < 4.78 is 44.1. The van der Waals surface area contributed by atoms with Crippen molar-refractivity contribution in [3.63, 3.8) is 0 Å². The molecule has 0 aliphatic carbocycles. The van der Waals surface area contributed by atoms with Crippen LogP contribution in [0.25, 0.3) is 0 Å². The number of phenolic OH excluding ortho intramolecular Hbond substituents is 1. The Hall–Kier alpha value is -1.69. The summed E-state index contributed by atoms with van der Waals surface area (Å²) >= 11 is 2.99. The molecule has 0 saturated carbocycles. The number of hydrogen-bond acceptors (Lipinski definition) is 2. The van der Waals surface area contributed by atoms with Crippen LogP contribution in [0.4, 0.5) is 13.2 Å². The fourth-order valence-electron chi connectivity index (χ4n) is 1.49. The number of hydrogen-bond donors (Lipinski definition) is 1. The molecule has 0 heterocycles. The van der Waals surface area contributed by atoms with E-state index in [1.54, 1.807) is 0 Å². The Labute approximate surface area is 115 Å². The fraction of sp³-hybridized carbons (Fsp3) is 0.0769. The SMILES string of the molecule is Oc1cccc(Oc2ccc(Br)cc2C(F)(F)F)c1. The van der Waals surface area contributed by atoms with Crippen LogP contribution < -0.4 is 4.74 Å². The van der Waals surface area contributed by atoms with Crippen molar-refractivity contribution in [2.24, 2.45) is 0 Å². The Morgan fingerprint density at radius 2 is 1.79 bits per heavy atom. The van der Waals surface area contributed by atoms with Gasteiger partial charge in [-0.2, -0.15) is 13.2 Å². The number of halogens is 4. The average molecular weight is 333 g/mol. The first-order valence-electron chi connectivity index (χ1n) is 5.20. The first kappa shape index (κ1) is 13.7. The molecule has 0 unspecified atom stereocenters. The van der Waals surface area contributed by atoms with Gasteiger partial charge in [0, 0.05) is 10.5 Å². The number of alkyl halides is 3. The van der Waals surface area contributed by atoms with E-state index in [0.717, 1.165) is 6.07 Å². The van der Waals surface area contributed by atoms with Gasteiger partial charge in [-0.3, -0.25) is 0 Å². The Balaban J connectivity index is 2.40. The van der Waals surface area contributed by atoms with Crippen molar-refractivity contribution >= 4 is 15.9 Å². The van der Waals surface area contributed by atoms with Gasteiger partial charge >= 0.3 is 6.18 Å². The van der Waals surface area contributed by atoms with Gasteiger partial charge in [0.1, 0.15) is 17.2 Å². The van der Waals surface area contributed by atoms with Crippen LogP contribution in [0, 0.1) is 0 Å². The molecule has 0 atom stereocenters. The van der Waals surface area contributed by atoms with E-state index in [-0.39, 0.29) is 17.2 Å². The molecule has 1 N–H and O–H groups in total. The van der Waals surface area contributed by atoms with Crippen molar-refractivity contribution in [3.05, 3.63) is 52.5 Å². The molecule has 2 aromatic carbocycles. The first-order chi connectivity index (χ1) is 8.86. The van der Waals surface area contributed by atoms with Gasteiger partial charge in [-0.1, -0.05) is 22.0 Å². The lowest BCUT2D eigenvalue weighted by molar-refractivity contribution is -0.138. The van der Waals surface area contributed by atoms with E-state index in [1.165, 1.54) is 36.4 Å². The van der Waals surface area contributed by atoms with Crippen LogP contribution in [0.5, 0.6) is 17.2 Å². The zero-order valence-corrected chi connectivity index (χ0v) is 11.0. The summed E-state index contributed by atoms with van der Waals surface area (Å²) in [6.07, 6.45) is -4.52. The lowest BCUT2D eigenvalue weighted by Crippen LogP contribution is -2.07. The third-order valence-electron chi connectivity index (χ3n) is 2.29. The van der Waals surface area contributed by atoms with E-state index in [0.29, 0.717) is 4.47 Å². The molecule has 2 nitrogen and oxygen atoms in total. The van der Waals surface area contributed by atoms with Gasteiger partial charge in [-0.25, -0.2) is 0 Å². The van der Waals surface area contributed by atoms with E-state index in [1.807, 2.05) is 0 Å². The highest BCUT2D eigenvalue weighted by Crippen LogP contribution is 2.39. The van der Waals surface area contributed by atoms with E-state index >= 15 is 0 Å². The highest BCUT2D eigenvalue weighted by atomic mass is 79.9. The van der Waals surface area contributed by atoms with Crippen LogP contribution in [0.2, 0.25) is 0 Å². The van der Waals surface area contributed by atoms with E-state index in [9.17, 15) is 18.3 Å². The highest BCUT2D eigenvalue weighted by molar-refractivity contribution is 9.10. The van der Waals surface area contributed by atoms with Crippen molar-refractivity contribution < 1.29 is 23.0 Å². The smallest absolute Gasteiger partial charge is 0.420 e. The number of phenols is 1. The van der Waals surface area contributed by atoms with Gasteiger partial charge in [-0.05, 0) is 30.3 Å². The normalized spacial score (nSPS) is 11.4. The minimum atomic E-state index is -4.52. The maximum absolute atomic E-state index is 12.9. The minimum Gasteiger partial charge on any atom is -0.508 e. The first-order valence-corrected chi connectivity index (χ1v) is 5.99. The molecule has 0 aliphatic heterocycles. The summed E-state index contributed by atoms with van der Waals surface area (Å²) in [6, 6.07) is 9.20. The second-order valence-corrected chi connectivity index (χ2v) is 4.65. The molecule has 0 aromatic heterocycles. The molecule has 2 aromatic rings. The maximum atomic E-state index is 12.9. The van der Waals surface area contributed by atoms with Gasteiger partial charge in [-0.15, -0.1) is 0 Å². The molecule has 0 radical (unpaired) electrons. The van der Waals surface area contributed by atoms with Gasteiger partial charge < -0.3 is 9.84 Å². The summed E-state index contributed by atoms with van der Waals surface area (Å²) in [5.41, 5.74) is -0.884. The van der Waals surface area contributed by atoms with Crippen molar-refractivity contribution in [3.8, 4) is 17.2 Å². The fourth-order valence-corrected chi connectivity index (χ4v) is 1.85. The zero-order chi connectivity index (χ0) is 14.0. The second kappa shape index (κ2) is 5.13. The summed E-state index contributed by atoms with van der Waals surface area (Å²) in [5, 5.41) is 9.25. The number of aromatic hydroxyl groups is 1. The molecule has 0 saturated heterocycles. The van der Waals surface area contributed by atoms with Crippen molar-refractivity contribution in [2.75, 3.05) is 0 Å². The molecule has 2 rings (SSSR count). The van der Waals surface area contributed by atoms with E-state index in [4.69, 9.17) is 4.74 Å². The Bertz CT molecular complexity index is 597. The average Bonchev–Trinajstić information content (AvgIpc) is 2.30. The van der Waals surface area contributed by atoms with Gasteiger partial charge in [0.15, 0.2) is 0 Å². The van der Waals surface area contributed by atoms with Crippen LogP contribution in [0.15, 0.2) is 46.9 Å². The topological polar surface area (TPSA) is 29.5 Å². The largest absolute Gasteiger partial charge is 0.508 e. The minimum absolute atomic E-state index is 0.0804. The van der Waals surface area contributed by atoms with Crippen molar-refractivity contribution in [2.45, 2.75) is 6.18 Å². The van der Waals surface area contributed by atoms with Gasteiger partial charge in [0.2, 0.25) is 0 Å². The zero-order valence-electron chi connectivity index (χ0n) is 9.41. The molecule has 6 heteroatoms. The molecular formula is C13H8BrF3O2. The Kier molecular flexibility index (Phi) is 3.71. The standard InChI is InChI=1S/C13H8BrF3O2/c14-8-4-5-12(11(6-8)13(15,16)17)19-10-3-1-2-9(18)7-10/h1-7,18H. The predicted molar refractivity (Wildman–Crippen MR) is 67.3 cm³/mol. The molecule has 19 heavy (non-hydrogen) atoms. The Morgan fingerprint density at radius 1 is 1.05 bits per heavy atom. The van der Waals surface area contributed by atoms with Crippen LogP contribution in [0.3, 0.4) is 0 Å². The van der Waals surface area contributed by atoms with Gasteiger partial charge in [0.05, 0.1) is 5.56 Å². The second-order valence-electron chi connectivity index (χ2n) is 3.74. The molecule has 0 fully saturated rings. The van der Waals surface area contributed by atoms with E-state index in [2.05, 4.69) is 15.9 Å². The Morgan fingerprint density at radius 3 is 2.42 bits per heavy atom. The molecule has 0 spiro atoms. The van der Waals surface area contributed by atoms with Crippen molar-refractivity contribution in [1.82, 2.24) is 0 Å². The molecule has 0 amide bonds. The molecule has 0 aliphatic rings. The van der Waals surface area contributed by atoms with Crippen LogP contribution >= 0.6 is 15.9 Å². The quantitative estimate of drug-likeness (QED) is 0.841. The molecule has 100 valence electrons. The monoisotopic (exact) mass is 332 g/mol. The lowest BCUT2D eigenvalue weighted by atomic mass is 10.2. The maximum Gasteiger partial charge on any atom is 0.420 e. The highest BCUT2D eigenvalue weighted by Gasteiger charge is 2.34. The van der Waals surface area contributed by atoms with E-state index < -0.39 is 11.7 Å². The number of benzene rings is 2. The summed E-state index contributed by atoms with van der Waals surface area (Å²) in [6.45, 7) is 0. The summed E-state index contributed by atoms with van der Waals surface area (Å²) in [5.74, 6) is -0.266. The number of rotatable bonds is 2. The van der Waals surface area contributed by atoms with Crippen molar-refractivity contribution in [1.29, 1.82) is 0 Å². The van der Waals surface area contributed by atoms with Gasteiger partial charge in [0.25, 0.3) is 0 Å². The number of ether oxygens (including phenoxy) is 1. The van der Waals surface area contributed by atoms with Crippen LogP contribution in [-0.4, -0.2) is 5.11 Å². The van der Waals surface area contributed by atoms with Crippen LogP contribution in [-0.2, 0) is 6.18 Å². The third kappa shape index (κ3) is 3.41. The summed E-state index contributed by atoms with van der Waals surface area (Å²) in [7, 11) is 0. The molecular weight excluding hydrogens is 325 g/mol. The summed E-state index contributed by atoms with van der Waals surface area (Å²) in [4.78, 5) is 0. The third-order valence-corrected chi connectivity index (χ3v) is 2.79. The lowest BCUT2D eigenvalue weighted by Gasteiger charge is -2.14. The predicted octanol–water partition coefficient (Wildman–Crippen LogP) is 4.97. The molecule has 0 bridgehead atoms. The van der Waals surface area contributed by atoms with Crippen LogP contribution in [0.1, 0.15) is 5.56 Å².